The zero-order chi connectivity index (χ0) is 12.7. The molecule has 0 aromatic heterocycles. The molecule has 0 aliphatic carbocycles. The first-order chi connectivity index (χ1) is 8.33. The van der Waals surface area contributed by atoms with Gasteiger partial charge in [-0.3, -0.25) is 4.79 Å². The van der Waals surface area contributed by atoms with Crippen molar-refractivity contribution in [1.82, 2.24) is 4.94 Å². The van der Waals surface area contributed by atoms with Gasteiger partial charge < -0.3 is 0 Å². The third-order valence-electron chi connectivity index (χ3n) is 2.13. The van der Waals surface area contributed by atoms with Crippen molar-refractivity contribution in [2.45, 2.75) is 18.7 Å². The van der Waals surface area contributed by atoms with E-state index in [1.165, 1.54) is 4.94 Å². The van der Waals surface area contributed by atoms with Gasteiger partial charge in [-0.15, -0.1) is 4.48 Å². The van der Waals surface area contributed by atoms with Crippen molar-refractivity contribution < 1.29 is 9.28 Å². The number of benzene rings is 2. The van der Waals surface area contributed by atoms with Crippen LogP contribution in [-0.2, 0) is 0 Å². The maximum atomic E-state index is 11.9. The number of carbonyl (C=O) groups is 1. The monoisotopic (exact) mass is 251 g/mol. The van der Waals surface area contributed by atoms with Crippen molar-refractivity contribution in [2.24, 2.45) is 0 Å². The Morgan fingerprint density at radius 2 is 1.82 bits per heavy atom. The third kappa shape index (κ3) is 3.54. The summed E-state index contributed by atoms with van der Waals surface area (Å²) in [4.78, 5) is 12.9. The highest BCUT2D eigenvalue weighted by Crippen LogP contribution is 2.22. The Morgan fingerprint density at radius 1 is 1.12 bits per heavy atom. The van der Waals surface area contributed by atoms with Gasteiger partial charge >= 0.3 is 0 Å². The van der Waals surface area contributed by atoms with Crippen LogP contribution in [0.4, 0.5) is 4.48 Å². The van der Waals surface area contributed by atoms with Crippen molar-refractivity contribution in [3.8, 4) is 0 Å². The van der Waals surface area contributed by atoms with Crippen molar-refractivity contribution >= 4 is 29.0 Å². The Bertz CT molecular complexity index is 502. The Morgan fingerprint density at radius 3 is 2.47 bits per heavy atom. The first-order valence-corrected chi connectivity index (χ1v) is 6.16. The average Bonchev–Trinajstić information content (AvgIpc) is 2.40. The standard InChI is InChI=1S/C11H8FNOS.C2H6/c12-13-15-11-4-3-9-2-1-8(7-14)5-10(9)6-11;1-2/h1-7,13H;1-2H3. The lowest BCUT2D eigenvalue weighted by Gasteiger charge is -2.01. The topological polar surface area (TPSA) is 29.1 Å². The lowest BCUT2D eigenvalue weighted by atomic mass is 10.1. The molecule has 0 fully saturated rings. The lowest BCUT2D eigenvalue weighted by molar-refractivity contribution is 0.112. The molecule has 4 heteroatoms. The van der Waals surface area contributed by atoms with E-state index in [0.717, 1.165) is 33.9 Å². The fourth-order valence-corrected chi connectivity index (χ4v) is 1.84. The molecule has 1 N–H and O–H groups in total. The van der Waals surface area contributed by atoms with Crippen LogP contribution in [0.3, 0.4) is 0 Å². The number of aldehydes is 1. The quantitative estimate of drug-likeness (QED) is 0.504. The Labute approximate surface area is 104 Å². The lowest BCUT2D eigenvalue weighted by Crippen LogP contribution is -1.85. The normalized spacial score (nSPS) is 9.59. The largest absolute Gasteiger partial charge is 0.298 e. The fraction of sp³-hybridized carbons (Fsp3) is 0.154. The second kappa shape index (κ2) is 7.04. The van der Waals surface area contributed by atoms with E-state index in [0.29, 0.717) is 5.56 Å². The highest BCUT2D eigenvalue weighted by atomic mass is 32.2. The van der Waals surface area contributed by atoms with Gasteiger partial charge in [0, 0.05) is 10.5 Å². The van der Waals surface area contributed by atoms with Crippen LogP contribution in [0, 0.1) is 0 Å². The number of hydrogen-bond acceptors (Lipinski definition) is 3. The molecule has 0 saturated carbocycles. The van der Waals surface area contributed by atoms with Crippen molar-refractivity contribution in [3.63, 3.8) is 0 Å². The number of rotatable bonds is 3. The van der Waals surface area contributed by atoms with Gasteiger partial charge in [0.2, 0.25) is 0 Å². The molecule has 0 bridgehead atoms. The molecule has 2 nitrogen and oxygen atoms in total. The van der Waals surface area contributed by atoms with E-state index in [1.54, 1.807) is 12.1 Å². The molecule has 0 aliphatic rings. The van der Waals surface area contributed by atoms with Gasteiger partial charge in [-0.2, -0.15) is 0 Å². The van der Waals surface area contributed by atoms with Crippen molar-refractivity contribution in [2.75, 3.05) is 0 Å². The van der Waals surface area contributed by atoms with E-state index in [4.69, 9.17) is 0 Å². The molecule has 0 saturated heterocycles. The molecule has 0 aliphatic heterocycles. The van der Waals surface area contributed by atoms with Crippen LogP contribution < -0.4 is 4.94 Å². The second-order valence-electron chi connectivity index (χ2n) is 3.07. The maximum absolute atomic E-state index is 11.9. The predicted molar refractivity (Wildman–Crippen MR) is 70.8 cm³/mol. The van der Waals surface area contributed by atoms with Gasteiger partial charge in [0.05, 0.1) is 0 Å². The van der Waals surface area contributed by atoms with Crippen LogP contribution in [0.15, 0.2) is 41.3 Å². The minimum Gasteiger partial charge on any atom is -0.298 e. The van der Waals surface area contributed by atoms with E-state index < -0.39 is 0 Å². The number of nitrogens with one attached hydrogen (secondary N) is 1. The molecule has 0 spiro atoms. The first-order valence-electron chi connectivity index (χ1n) is 5.35. The summed E-state index contributed by atoms with van der Waals surface area (Å²) < 4.78 is 11.9. The molecule has 0 unspecified atom stereocenters. The van der Waals surface area contributed by atoms with E-state index >= 15 is 0 Å². The molecular formula is C13H14FNOS. The summed E-state index contributed by atoms with van der Waals surface area (Å²) >= 11 is 0.899. The van der Waals surface area contributed by atoms with Gasteiger partial charge in [0.15, 0.2) is 0 Å². The fourth-order valence-electron chi connectivity index (χ4n) is 1.42. The van der Waals surface area contributed by atoms with Crippen LogP contribution in [0.2, 0.25) is 0 Å². The minimum atomic E-state index is 0.623. The number of hydrogen-bond donors (Lipinski definition) is 1. The number of fused-ring (bicyclic) bond motifs is 1. The van der Waals surface area contributed by atoms with Crippen molar-refractivity contribution in [1.29, 1.82) is 0 Å². The summed E-state index contributed by atoms with van der Waals surface area (Å²) in [5.41, 5.74) is 0.623. The summed E-state index contributed by atoms with van der Waals surface area (Å²) in [6, 6.07) is 11.0. The molecule has 0 amide bonds. The van der Waals surface area contributed by atoms with E-state index in [2.05, 4.69) is 0 Å². The van der Waals surface area contributed by atoms with Gasteiger partial charge in [0.1, 0.15) is 6.29 Å². The third-order valence-corrected chi connectivity index (χ3v) is 2.70. The summed E-state index contributed by atoms with van der Waals surface area (Å²) in [7, 11) is 0. The van der Waals surface area contributed by atoms with Crippen molar-refractivity contribution in [3.05, 3.63) is 42.0 Å². The zero-order valence-corrected chi connectivity index (χ0v) is 10.6. The minimum absolute atomic E-state index is 0.623. The van der Waals surface area contributed by atoms with E-state index in [1.807, 2.05) is 38.1 Å². The number of halogens is 1. The predicted octanol–water partition coefficient (Wildman–Crippen LogP) is 4.16. The van der Waals surface area contributed by atoms with Crippen LogP contribution in [0.5, 0.6) is 0 Å². The molecule has 2 aromatic carbocycles. The number of carbonyl (C=O) groups excluding carboxylic acids is 1. The zero-order valence-electron chi connectivity index (χ0n) is 9.74. The Balaban J connectivity index is 0.000000686. The highest BCUT2D eigenvalue weighted by molar-refractivity contribution is 7.97. The smallest absolute Gasteiger partial charge is 0.150 e. The summed E-state index contributed by atoms with van der Waals surface area (Å²) in [6.07, 6.45) is 0.798. The van der Waals surface area contributed by atoms with Gasteiger partial charge in [-0.1, -0.05) is 37.0 Å². The maximum Gasteiger partial charge on any atom is 0.150 e. The van der Waals surface area contributed by atoms with Crippen LogP contribution in [-0.4, -0.2) is 6.29 Å². The molecular weight excluding hydrogens is 237 g/mol. The molecule has 17 heavy (non-hydrogen) atoms. The van der Waals surface area contributed by atoms with Crippen LogP contribution in [0.25, 0.3) is 10.8 Å². The first kappa shape index (κ1) is 13.7. The molecule has 90 valence electrons. The van der Waals surface area contributed by atoms with E-state index in [9.17, 15) is 9.28 Å². The van der Waals surface area contributed by atoms with E-state index in [-0.39, 0.29) is 0 Å². The molecule has 0 heterocycles. The second-order valence-corrected chi connectivity index (χ2v) is 3.90. The average molecular weight is 251 g/mol. The molecule has 0 atom stereocenters. The SMILES string of the molecule is CC.O=Cc1ccc2ccc(SNF)cc2c1. The van der Waals surface area contributed by atoms with Crippen LogP contribution >= 0.6 is 11.9 Å². The summed E-state index contributed by atoms with van der Waals surface area (Å²) in [5.74, 6) is 0. The van der Waals surface area contributed by atoms with Gasteiger partial charge in [0.25, 0.3) is 0 Å². The molecule has 0 radical (unpaired) electrons. The summed E-state index contributed by atoms with van der Waals surface area (Å²) in [5, 5.41) is 1.96. The molecule has 2 rings (SSSR count). The van der Waals surface area contributed by atoms with Crippen LogP contribution in [0.1, 0.15) is 24.2 Å². The van der Waals surface area contributed by atoms with Gasteiger partial charge in [-0.25, -0.2) is 0 Å². The highest BCUT2D eigenvalue weighted by Gasteiger charge is 1.98. The Hall–Kier alpha value is -1.39. The Kier molecular flexibility index (Phi) is 5.66. The summed E-state index contributed by atoms with van der Waals surface area (Å²) in [6.45, 7) is 4.00. The molecule has 2 aromatic rings. The van der Waals surface area contributed by atoms with Gasteiger partial charge in [-0.05, 0) is 40.9 Å².